The molecule has 0 aliphatic rings. The molecule has 0 radical (unpaired) electrons. The first kappa shape index (κ1) is 17.7. The molecule has 0 saturated heterocycles. The van der Waals surface area contributed by atoms with Gasteiger partial charge in [0, 0.05) is 29.8 Å². The second kappa shape index (κ2) is 7.13. The van der Waals surface area contributed by atoms with Crippen molar-refractivity contribution in [2.24, 2.45) is 0 Å². The highest BCUT2D eigenvalue weighted by Crippen LogP contribution is 2.31. The largest absolute Gasteiger partial charge is 0.337 e. The second-order valence-corrected chi connectivity index (χ2v) is 6.98. The number of nitrogens with one attached hydrogen (secondary N) is 1. The van der Waals surface area contributed by atoms with Gasteiger partial charge in [-0.3, -0.25) is 4.98 Å². The summed E-state index contributed by atoms with van der Waals surface area (Å²) in [5.74, 6) is 0.0840. The van der Waals surface area contributed by atoms with Crippen molar-refractivity contribution in [1.82, 2.24) is 24.9 Å². The van der Waals surface area contributed by atoms with E-state index in [9.17, 15) is 4.39 Å². The Balaban J connectivity index is 1.93. The van der Waals surface area contributed by atoms with Crippen LogP contribution in [0.15, 0.2) is 47.5 Å². The maximum Gasteiger partial charge on any atom is 0.184 e. The van der Waals surface area contributed by atoms with Crippen LogP contribution in [0.3, 0.4) is 0 Å². The molecule has 0 atom stereocenters. The third-order valence-electron chi connectivity index (χ3n) is 3.83. The smallest absolute Gasteiger partial charge is 0.184 e. The first-order chi connectivity index (χ1) is 13.0. The predicted octanol–water partition coefficient (Wildman–Crippen LogP) is 5.09. The minimum Gasteiger partial charge on any atom is -0.337 e. The third kappa shape index (κ3) is 3.45. The van der Waals surface area contributed by atoms with E-state index in [1.54, 1.807) is 18.6 Å². The molecule has 134 valence electrons. The molecule has 3 heterocycles. The van der Waals surface area contributed by atoms with E-state index < -0.39 is 5.82 Å². The Morgan fingerprint density at radius 1 is 1.11 bits per heavy atom. The number of hydrogen-bond donors (Lipinski definition) is 1. The van der Waals surface area contributed by atoms with Gasteiger partial charge in [0.2, 0.25) is 0 Å². The van der Waals surface area contributed by atoms with Crippen LogP contribution < -0.4 is 5.32 Å². The quantitative estimate of drug-likeness (QED) is 0.473. The van der Waals surface area contributed by atoms with Crippen molar-refractivity contribution in [1.29, 1.82) is 0 Å². The predicted molar refractivity (Wildman–Crippen MR) is 105 cm³/mol. The Labute approximate surface area is 167 Å². The van der Waals surface area contributed by atoms with Crippen molar-refractivity contribution in [2.75, 3.05) is 5.32 Å². The standard InChI is InChI=1S/C18H11BrClFN6/c1-9-7-22-8-12(19)14(9)25-18-15-17(24-5-4-23-15)26-16(27-18)11-6-10(20)2-3-13(11)21/h2-8H,1H3,(H,22,24,25,26,27). The molecule has 6 nitrogen and oxygen atoms in total. The molecule has 9 heteroatoms. The van der Waals surface area contributed by atoms with E-state index in [0.29, 0.717) is 22.0 Å². The summed E-state index contributed by atoms with van der Waals surface area (Å²) in [5, 5.41) is 3.62. The molecule has 4 aromatic rings. The zero-order valence-electron chi connectivity index (χ0n) is 13.9. The minimum absolute atomic E-state index is 0.160. The first-order valence-electron chi connectivity index (χ1n) is 7.84. The van der Waals surface area contributed by atoms with Crippen molar-refractivity contribution in [3.05, 3.63) is 63.9 Å². The Kier molecular flexibility index (Phi) is 4.67. The maximum absolute atomic E-state index is 14.3. The SMILES string of the molecule is Cc1cncc(Br)c1Nc1nc(-c2cc(Cl)ccc2F)nc2nccnc12. The van der Waals surface area contributed by atoms with Crippen LogP contribution in [-0.2, 0) is 0 Å². The van der Waals surface area contributed by atoms with Crippen molar-refractivity contribution < 1.29 is 4.39 Å². The number of anilines is 2. The molecular weight excluding hydrogens is 435 g/mol. The summed E-state index contributed by atoms with van der Waals surface area (Å²) < 4.78 is 15.1. The van der Waals surface area contributed by atoms with Crippen LogP contribution in [0.25, 0.3) is 22.6 Å². The fourth-order valence-electron chi connectivity index (χ4n) is 2.55. The van der Waals surface area contributed by atoms with Gasteiger partial charge in [0.1, 0.15) is 5.82 Å². The molecule has 0 unspecified atom stereocenters. The van der Waals surface area contributed by atoms with Crippen molar-refractivity contribution in [3.63, 3.8) is 0 Å². The van der Waals surface area contributed by atoms with Gasteiger partial charge in [-0.05, 0) is 46.6 Å². The van der Waals surface area contributed by atoms with Crippen LogP contribution in [0, 0.1) is 12.7 Å². The average Bonchev–Trinajstić information content (AvgIpc) is 2.66. The molecule has 0 bridgehead atoms. The molecule has 0 saturated carbocycles. The first-order valence-corrected chi connectivity index (χ1v) is 9.01. The highest BCUT2D eigenvalue weighted by atomic mass is 79.9. The number of rotatable bonds is 3. The van der Waals surface area contributed by atoms with Gasteiger partial charge in [0.15, 0.2) is 22.8 Å². The molecule has 0 aliphatic carbocycles. The Morgan fingerprint density at radius 2 is 1.93 bits per heavy atom. The van der Waals surface area contributed by atoms with Gasteiger partial charge in [-0.1, -0.05) is 11.6 Å². The van der Waals surface area contributed by atoms with E-state index in [1.165, 1.54) is 24.4 Å². The number of aryl methyl sites for hydroxylation is 1. The van der Waals surface area contributed by atoms with Gasteiger partial charge in [0.05, 0.1) is 15.7 Å². The number of hydrogen-bond acceptors (Lipinski definition) is 6. The summed E-state index contributed by atoms with van der Waals surface area (Å²) in [6.45, 7) is 1.91. The van der Waals surface area contributed by atoms with Gasteiger partial charge in [-0.15, -0.1) is 0 Å². The van der Waals surface area contributed by atoms with Crippen molar-refractivity contribution in [3.8, 4) is 11.4 Å². The lowest BCUT2D eigenvalue weighted by Crippen LogP contribution is -2.04. The van der Waals surface area contributed by atoms with Gasteiger partial charge in [-0.2, -0.15) is 0 Å². The summed E-state index contributed by atoms with van der Waals surface area (Å²) in [4.78, 5) is 21.5. The summed E-state index contributed by atoms with van der Waals surface area (Å²) in [6, 6.07) is 4.22. The van der Waals surface area contributed by atoms with Crippen LogP contribution in [-0.4, -0.2) is 24.9 Å². The summed E-state index contributed by atoms with van der Waals surface area (Å²) in [7, 11) is 0. The Hall–Kier alpha value is -2.71. The molecule has 0 amide bonds. The van der Waals surface area contributed by atoms with Gasteiger partial charge < -0.3 is 5.32 Å². The number of halogens is 3. The Bertz CT molecular complexity index is 1150. The third-order valence-corrected chi connectivity index (χ3v) is 4.67. The molecule has 3 aromatic heterocycles. The van der Waals surface area contributed by atoms with Crippen LogP contribution in [0.2, 0.25) is 5.02 Å². The summed E-state index contributed by atoms with van der Waals surface area (Å²) >= 11 is 9.49. The molecule has 4 rings (SSSR count). The zero-order chi connectivity index (χ0) is 19.0. The van der Waals surface area contributed by atoms with Crippen molar-refractivity contribution in [2.45, 2.75) is 6.92 Å². The van der Waals surface area contributed by atoms with Gasteiger partial charge in [-0.25, -0.2) is 24.3 Å². The highest BCUT2D eigenvalue weighted by Gasteiger charge is 2.16. The van der Waals surface area contributed by atoms with Gasteiger partial charge in [0.25, 0.3) is 0 Å². The van der Waals surface area contributed by atoms with Crippen LogP contribution in [0.5, 0.6) is 0 Å². The minimum atomic E-state index is -0.477. The second-order valence-electron chi connectivity index (χ2n) is 5.69. The molecule has 27 heavy (non-hydrogen) atoms. The molecule has 0 aliphatic heterocycles. The number of nitrogens with zero attached hydrogens (tertiary/aromatic N) is 5. The number of pyridine rings is 1. The molecular formula is C18H11BrClFN6. The number of benzene rings is 1. The van der Waals surface area contributed by atoms with Crippen molar-refractivity contribution >= 4 is 50.2 Å². The molecule has 0 spiro atoms. The van der Waals surface area contributed by atoms with Crippen LogP contribution in [0.1, 0.15) is 5.56 Å². The van der Waals surface area contributed by atoms with E-state index in [4.69, 9.17) is 11.6 Å². The van der Waals surface area contributed by atoms with Crippen LogP contribution in [0.4, 0.5) is 15.9 Å². The monoisotopic (exact) mass is 444 g/mol. The fraction of sp³-hybridized carbons (Fsp3) is 0.0556. The topological polar surface area (TPSA) is 76.5 Å². The van der Waals surface area contributed by atoms with Crippen LogP contribution >= 0.6 is 27.5 Å². The maximum atomic E-state index is 14.3. The lowest BCUT2D eigenvalue weighted by atomic mass is 10.2. The molecule has 1 N–H and O–H groups in total. The summed E-state index contributed by atoms with van der Waals surface area (Å²) in [5.41, 5.74) is 2.66. The number of aromatic nitrogens is 5. The van der Waals surface area contributed by atoms with E-state index in [1.807, 2.05) is 6.92 Å². The molecule has 0 fully saturated rings. The number of fused-ring (bicyclic) bond motifs is 1. The lowest BCUT2D eigenvalue weighted by Gasteiger charge is -2.13. The lowest BCUT2D eigenvalue weighted by molar-refractivity contribution is 0.630. The summed E-state index contributed by atoms with van der Waals surface area (Å²) in [6.07, 6.45) is 6.46. The van der Waals surface area contributed by atoms with E-state index >= 15 is 0 Å². The normalized spacial score (nSPS) is 11.0. The van der Waals surface area contributed by atoms with E-state index in [0.717, 1.165) is 15.7 Å². The Morgan fingerprint density at radius 3 is 2.74 bits per heavy atom. The fourth-order valence-corrected chi connectivity index (χ4v) is 3.25. The van der Waals surface area contributed by atoms with E-state index in [-0.39, 0.29) is 11.4 Å². The van der Waals surface area contributed by atoms with Gasteiger partial charge >= 0.3 is 0 Å². The highest BCUT2D eigenvalue weighted by molar-refractivity contribution is 9.10. The molecule has 1 aromatic carbocycles. The van der Waals surface area contributed by atoms with E-state index in [2.05, 4.69) is 46.2 Å². The average molecular weight is 446 g/mol. The zero-order valence-corrected chi connectivity index (χ0v) is 16.3.